The fourth-order valence-electron chi connectivity index (χ4n) is 7.02. The van der Waals surface area contributed by atoms with Crippen LogP contribution < -0.4 is 20.4 Å². The number of rotatable bonds is 8. The van der Waals surface area contributed by atoms with Gasteiger partial charge in [-0.05, 0) is 66.8 Å². The first kappa shape index (κ1) is 30.9. The van der Waals surface area contributed by atoms with E-state index < -0.39 is 36.2 Å². The van der Waals surface area contributed by atoms with E-state index in [4.69, 9.17) is 0 Å². The zero-order valence-electron chi connectivity index (χ0n) is 26.3. The Kier molecular flexibility index (Phi) is 8.46. The molecule has 6 amide bonds. The van der Waals surface area contributed by atoms with Crippen LogP contribution in [0, 0.1) is 5.92 Å². The highest BCUT2D eigenvalue weighted by atomic mass is 16.2. The van der Waals surface area contributed by atoms with Crippen LogP contribution in [0.2, 0.25) is 0 Å². The predicted octanol–water partition coefficient (Wildman–Crippen LogP) is 5.40. The van der Waals surface area contributed by atoms with Gasteiger partial charge in [0, 0.05) is 18.3 Å². The summed E-state index contributed by atoms with van der Waals surface area (Å²) in [7, 11) is 0. The van der Waals surface area contributed by atoms with Crippen molar-refractivity contribution < 1.29 is 24.0 Å². The van der Waals surface area contributed by atoms with Crippen molar-refractivity contribution in [1.29, 1.82) is 0 Å². The van der Waals surface area contributed by atoms with Crippen LogP contribution in [0.4, 0.5) is 21.9 Å². The molecule has 10 heteroatoms. The molecule has 0 aromatic heterocycles. The van der Waals surface area contributed by atoms with Crippen LogP contribution >= 0.6 is 0 Å². The molecule has 1 saturated carbocycles. The van der Waals surface area contributed by atoms with Gasteiger partial charge in [0.2, 0.25) is 11.8 Å². The van der Waals surface area contributed by atoms with E-state index >= 15 is 0 Å². The van der Waals surface area contributed by atoms with Gasteiger partial charge in [0.25, 0.3) is 11.8 Å². The topological polar surface area (TPSA) is 119 Å². The van der Waals surface area contributed by atoms with Gasteiger partial charge in [-0.1, -0.05) is 73.2 Å². The largest absolute Gasteiger partial charge is 0.338 e. The number of amides is 6. The highest BCUT2D eigenvalue weighted by Gasteiger charge is 2.47. The molecule has 7 rings (SSSR count). The molecule has 1 aliphatic carbocycles. The Hall–Kier alpha value is -5.77. The first-order valence-electron chi connectivity index (χ1n) is 16.2. The van der Waals surface area contributed by atoms with E-state index in [1.54, 1.807) is 46.2 Å². The number of carbonyl (C=O) groups excluding carboxylic acids is 5. The van der Waals surface area contributed by atoms with E-state index in [-0.39, 0.29) is 29.6 Å². The molecule has 0 spiro atoms. The summed E-state index contributed by atoms with van der Waals surface area (Å²) in [5, 5.41) is 5.73. The molecule has 1 fully saturated rings. The monoisotopic (exact) mass is 641 g/mol. The SMILES string of the molecule is O=C(NCCc1ccccc1)Nc1ccc(CN2C(=O)C3CCCC3N(C(=O)CN3C(=O)c4ccccc4C3=O)c3ccccc32)cc1. The molecule has 0 radical (unpaired) electrons. The third-order valence-corrected chi connectivity index (χ3v) is 9.36. The van der Waals surface area contributed by atoms with E-state index in [9.17, 15) is 24.0 Å². The zero-order valence-corrected chi connectivity index (χ0v) is 26.3. The second kappa shape index (κ2) is 13.2. The first-order chi connectivity index (χ1) is 23.4. The van der Waals surface area contributed by atoms with Gasteiger partial charge in [-0.2, -0.15) is 0 Å². The second-order valence-electron chi connectivity index (χ2n) is 12.3. The van der Waals surface area contributed by atoms with Gasteiger partial charge in [0.05, 0.1) is 35.0 Å². The maximum absolute atomic E-state index is 14.2. The van der Waals surface area contributed by atoms with Crippen LogP contribution in [-0.4, -0.2) is 53.7 Å². The summed E-state index contributed by atoms with van der Waals surface area (Å²) >= 11 is 0. The molecule has 10 nitrogen and oxygen atoms in total. The Bertz CT molecular complexity index is 1860. The highest BCUT2D eigenvalue weighted by Crippen LogP contribution is 2.43. The maximum atomic E-state index is 14.2. The van der Waals surface area contributed by atoms with Crippen molar-refractivity contribution in [2.24, 2.45) is 5.92 Å². The molecule has 2 N–H and O–H groups in total. The molecule has 242 valence electrons. The van der Waals surface area contributed by atoms with E-state index in [1.165, 1.54) is 0 Å². The molecular formula is C38H35N5O5. The molecule has 2 atom stereocenters. The number of hydrogen-bond acceptors (Lipinski definition) is 5. The van der Waals surface area contributed by atoms with Crippen LogP contribution in [0.15, 0.2) is 103 Å². The first-order valence-corrected chi connectivity index (χ1v) is 16.2. The maximum Gasteiger partial charge on any atom is 0.319 e. The number of carbonyl (C=O) groups is 5. The number of hydrogen-bond donors (Lipinski definition) is 2. The summed E-state index contributed by atoms with van der Waals surface area (Å²) in [6.45, 7) is 0.361. The normalized spacial score (nSPS) is 18.2. The number of benzene rings is 4. The molecule has 4 aromatic carbocycles. The van der Waals surface area contributed by atoms with Gasteiger partial charge >= 0.3 is 6.03 Å². The molecule has 3 aliphatic rings. The molecule has 2 heterocycles. The van der Waals surface area contributed by atoms with Crippen molar-refractivity contribution >= 4 is 46.7 Å². The van der Waals surface area contributed by atoms with Crippen molar-refractivity contribution in [3.05, 3.63) is 125 Å². The summed E-state index contributed by atoms with van der Waals surface area (Å²) < 4.78 is 0. The minimum absolute atomic E-state index is 0.0685. The Balaban J connectivity index is 1.07. The fraction of sp³-hybridized carbons (Fsp3) is 0.237. The summed E-state index contributed by atoms with van der Waals surface area (Å²) in [6, 6.07) is 30.5. The smallest absolute Gasteiger partial charge is 0.319 e. The van der Waals surface area contributed by atoms with Gasteiger partial charge in [0.15, 0.2) is 0 Å². The molecule has 0 saturated heterocycles. The summed E-state index contributed by atoms with van der Waals surface area (Å²) in [6.07, 6.45) is 2.78. The Morgan fingerprint density at radius 2 is 1.33 bits per heavy atom. The van der Waals surface area contributed by atoms with Gasteiger partial charge in [-0.25, -0.2) is 4.79 Å². The standard InChI is InChI=1S/C38H35N5O5/c44-34(24-42-35(45)28-11-4-5-12-29(28)36(42)46)43-31-16-8-13-30(31)37(47)41(32-14-6-7-15-33(32)43)23-26-17-19-27(20-18-26)40-38(48)39-22-21-25-9-2-1-3-10-25/h1-7,9-12,14-15,17-20,30-31H,8,13,16,21-24H2,(H2,39,40,48). The van der Waals surface area contributed by atoms with Gasteiger partial charge in [-0.3, -0.25) is 24.1 Å². The lowest BCUT2D eigenvalue weighted by atomic mass is 10.0. The number of anilines is 3. The molecule has 0 bridgehead atoms. The van der Waals surface area contributed by atoms with Crippen LogP contribution in [-0.2, 0) is 22.6 Å². The minimum Gasteiger partial charge on any atom is -0.338 e. The van der Waals surface area contributed by atoms with E-state index in [2.05, 4.69) is 10.6 Å². The number of fused-ring (bicyclic) bond motifs is 3. The quantitative estimate of drug-likeness (QED) is 0.250. The lowest BCUT2D eigenvalue weighted by molar-refractivity contribution is -0.123. The lowest BCUT2D eigenvalue weighted by Gasteiger charge is -2.31. The summed E-state index contributed by atoms with van der Waals surface area (Å²) in [4.78, 5) is 71.3. The third-order valence-electron chi connectivity index (χ3n) is 9.36. The Morgan fingerprint density at radius 1 is 0.688 bits per heavy atom. The Labute approximate surface area is 278 Å². The second-order valence-corrected chi connectivity index (χ2v) is 12.3. The van der Waals surface area contributed by atoms with Crippen LogP contribution in [0.5, 0.6) is 0 Å². The van der Waals surface area contributed by atoms with Crippen molar-refractivity contribution in [2.75, 3.05) is 28.2 Å². The van der Waals surface area contributed by atoms with Gasteiger partial charge in [0.1, 0.15) is 6.54 Å². The third kappa shape index (κ3) is 5.92. The van der Waals surface area contributed by atoms with E-state index in [0.717, 1.165) is 28.9 Å². The van der Waals surface area contributed by atoms with Gasteiger partial charge in [-0.15, -0.1) is 0 Å². The van der Waals surface area contributed by atoms with E-state index in [0.29, 0.717) is 36.4 Å². The number of nitrogens with one attached hydrogen (secondary N) is 2. The van der Waals surface area contributed by atoms with E-state index in [1.807, 2.05) is 66.7 Å². The van der Waals surface area contributed by atoms with Crippen molar-refractivity contribution in [2.45, 2.75) is 38.3 Å². The van der Waals surface area contributed by atoms with Crippen molar-refractivity contribution in [1.82, 2.24) is 10.2 Å². The van der Waals surface area contributed by atoms with Gasteiger partial charge < -0.3 is 20.4 Å². The number of para-hydroxylation sites is 2. The average Bonchev–Trinajstić information content (AvgIpc) is 3.65. The lowest BCUT2D eigenvalue weighted by Crippen LogP contribution is -2.49. The fourth-order valence-corrected chi connectivity index (χ4v) is 7.02. The minimum atomic E-state index is -0.490. The molecule has 48 heavy (non-hydrogen) atoms. The number of nitrogens with zero attached hydrogens (tertiary/aromatic N) is 3. The zero-order chi connectivity index (χ0) is 33.2. The molecule has 4 aromatic rings. The average molecular weight is 642 g/mol. The number of urea groups is 1. The summed E-state index contributed by atoms with van der Waals surface area (Å²) in [5.74, 6) is -1.88. The van der Waals surface area contributed by atoms with Crippen molar-refractivity contribution in [3.8, 4) is 0 Å². The Morgan fingerprint density at radius 3 is 2.04 bits per heavy atom. The number of imide groups is 1. The van der Waals surface area contributed by atoms with Crippen LogP contribution in [0.3, 0.4) is 0 Å². The molecular weight excluding hydrogens is 606 g/mol. The predicted molar refractivity (Wildman–Crippen MR) is 182 cm³/mol. The van der Waals surface area contributed by atoms with Crippen molar-refractivity contribution in [3.63, 3.8) is 0 Å². The van der Waals surface area contributed by atoms with Crippen LogP contribution in [0.1, 0.15) is 51.1 Å². The molecule has 2 unspecified atom stereocenters. The van der Waals surface area contributed by atoms with Crippen LogP contribution in [0.25, 0.3) is 0 Å². The highest BCUT2D eigenvalue weighted by molar-refractivity contribution is 6.23. The summed E-state index contributed by atoms with van der Waals surface area (Å²) in [5.41, 5.74) is 4.37. The molecule has 2 aliphatic heterocycles.